The first-order valence-electron chi connectivity index (χ1n) is 11.9. The molecule has 3 aromatic carbocycles. The van der Waals surface area contributed by atoms with Crippen LogP contribution in [0.25, 0.3) is 0 Å². The number of benzene rings is 3. The summed E-state index contributed by atoms with van der Waals surface area (Å²) in [6.45, 7) is 13.8. The highest BCUT2D eigenvalue weighted by molar-refractivity contribution is 7.48. The van der Waals surface area contributed by atoms with Crippen molar-refractivity contribution < 1.29 is 4.74 Å². The summed E-state index contributed by atoms with van der Waals surface area (Å²) in [4.78, 5) is 4.79. The normalized spacial score (nSPS) is 14.1. The Balaban J connectivity index is 1.97. The van der Waals surface area contributed by atoms with Gasteiger partial charge in [0.2, 0.25) is 0 Å². The Bertz CT molecular complexity index is 1070. The molecule has 0 N–H and O–H groups in total. The number of aryl methyl sites for hydroxylation is 1. The van der Waals surface area contributed by atoms with Gasteiger partial charge >= 0.3 is 0 Å². The molecule has 174 valence electrons. The first kappa shape index (κ1) is 25.2. The van der Waals surface area contributed by atoms with Gasteiger partial charge in [0.25, 0.3) is 0 Å². The number of rotatable bonds is 9. The quantitative estimate of drug-likeness (QED) is 0.236. The second-order valence-corrected chi connectivity index (χ2v) is 11.9. The third-order valence-electron chi connectivity index (χ3n) is 5.68. The molecule has 3 aromatic rings. The summed E-state index contributed by atoms with van der Waals surface area (Å²) in [5, 5.41) is 1.34. The lowest BCUT2D eigenvalue weighted by Crippen LogP contribution is -2.22. The average Bonchev–Trinajstić information content (AvgIpc) is 2.78. The monoisotopic (exact) mass is 459 g/mol. The minimum Gasteiger partial charge on any atom is -0.489 e. The van der Waals surface area contributed by atoms with Crippen LogP contribution in [-0.2, 0) is 11.8 Å². The van der Waals surface area contributed by atoms with E-state index in [9.17, 15) is 0 Å². The second-order valence-electron chi connectivity index (χ2n) is 10.00. The fourth-order valence-electron chi connectivity index (χ4n) is 3.98. The Morgan fingerprint density at radius 2 is 1.61 bits per heavy atom. The zero-order valence-electron chi connectivity index (χ0n) is 21.0. The van der Waals surface area contributed by atoms with Crippen molar-refractivity contribution in [2.24, 2.45) is 4.99 Å². The molecule has 0 aliphatic heterocycles. The predicted octanol–water partition coefficient (Wildman–Crippen LogP) is 7.81. The maximum Gasteiger partial charge on any atom is 0.123 e. The maximum atomic E-state index is 6.41. The molecule has 0 fully saturated rings. The topological polar surface area (TPSA) is 21.6 Å². The summed E-state index contributed by atoms with van der Waals surface area (Å²) in [7, 11) is 0.617. The van der Waals surface area contributed by atoms with Crippen LogP contribution in [0.15, 0.2) is 77.8 Å². The van der Waals surface area contributed by atoms with Gasteiger partial charge in [-0.2, -0.15) is 0 Å². The Morgan fingerprint density at radius 1 is 0.909 bits per heavy atom. The van der Waals surface area contributed by atoms with Crippen molar-refractivity contribution in [3.63, 3.8) is 0 Å². The van der Waals surface area contributed by atoms with Gasteiger partial charge in [0.1, 0.15) is 12.4 Å². The molecule has 3 heteroatoms. The van der Waals surface area contributed by atoms with Crippen LogP contribution in [0, 0.1) is 6.92 Å². The van der Waals surface area contributed by atoms with Gasteiger partial charge in [-0.1, -0.05) is 101 Å². The van der Waals surface area contributed by atoms with Crippen LogP contribution in [0.4, 0.5) is 0 Å². The molecule has 0 aromatic heterocycles. The zero-order valence-corrected chi connectivity index (χ0v) is 22.0. The van der Waals surface area contributed by atoms with Crippen LogP contribution in [0.2, 0.25) is 0 Å². The van der Waals surface area contributed by atoms with Crippen molar-refractivity contribution in [1.29, 1.82) is 0 Å². The lowest BCUT2D eigenvalue weighted by molar-refractivity contribution is 0.299. The van der Waals surface area contributed by atoms with Crippen molar-refractivity contribution in [2.45, 2.75) is 71.7 Å². The van der Waals surface area contributed by atoms with Gasteiger partial charge in [0.15, 0.2) is 0 Å². The molecule has 0 spiro atoms. The standard InChI is InChI=1S/C30H38NOP/c1-7-19-30(6,33-28-16-12-11-15-25(28)21-31-29(3,4)5)26-20-23(2)17-18-27(26)32-22-24-13-9-8-10-14-24/h8-18,20-21,33H,7,19,22H2,1-6H3/b31-21+. The summed E-state index contributed by atoms with van der Waals surface area (Å²) in [5.74, 6) is 0.994. The van der Waals surface area contributed by atoms with Gasteiger partial charge < -0.3 is 4.74 Å². The van der Waals surface area contributed by atoms with E-state index in [1.165, 1.54) is 27.6 Å². The number of aliphatic imine (C=N–C) groups is 1. The summed E-state index contributed by atoms with van der Waals surface area (Å²) in [6.07, 6.45) is 4.27. The SMILES string of the molecule is CCCC(C)(Pc1ccccc1/C=N/C(C)(C)C)c1cc(C)ccc1OCc1ccccc1. The minimum absolute atomic E-state index is 0.0154. The van der Waals surface area contributed by atoms with Crippen molar-refractivity contribution in [1.82, 2.24) is 0 Å². The molecule has 2 atom stereocenters. The Morgan fingerprint density at radius 3 is 2.30 bits per heavy atom. The van der Waals surface area contributed by atoms with Crippen LogP contribution < -0.4 is 10.0 Å². The van der Waals surface area contributed by atoms with Gasteiger partial charge in [0, 0.05) is 16.9 Å². The van der Waals surface area contributed by atoms with Crippen LogP contribution in [0.3, 0.4) is 0 Å². The van der Waals surface area contributed by atoms with Crippen LogP contribution in [0.1, 0.15) is 69.7 Å². The van der Waals surface area contributed by atoms with Crippen molar-refractivity contribution in [3.8, 4) is 5.75 Å². The first-order valence-corrected chi connectivity index (χ1v) is 12.9. The van der Waals surface area contributed by atoms with E-state index < -0.39 is 0 Å². The molecule has 0 aliphatic carbocycles. The molecule has 0 radical (unpaired) electrons. The van der Waals surface area contributed by atoms with Crippen LogP contribution >= 0.6 is 8.58 Å². The summed E-state index contributed by atoms with van der Waals surface area (Å²) in [6, 6.07) is 25.7. The Labute approximate surface area is 202 Å². The van der Waals surface area contributed by atoms with Gasteiger partial charge in [-0.3, -0.25) is 4.99 Å². The summed E-state index contributed by atoms with van der Waals surface area (Å²) in [5.41, 5.74) is 4.89. The molecule has 33 heavy (non-hydrogen) atoms. The fraction of sp³-hybridized carbons (Fsp3) is 0.367. The summed E-state index contributed by atoms with van der Waals surface area (Å²) >= 11 is 0. The average molecular weight is 460 g/mol. The van der Waals surface area contributed by atoms with Gasteiger partial charge in [-0.05, 0) is 56.6 Å². The van der Waals surface area contributed by atoms with E-state index in [-0.39, 0.29) is 10.7 Å². The van der Waals surface area contributed by atoms with Crippen LogP contribution in [0.5, 0.6) is 5.75 Å². The van der Waals surface area contributed by atoms with E-state index in [0.29, 0.717) is 15.2 Å². The highest BCUT2D eigenvalue weighted by Crippen LogP contribution is 2.48. The Kier molecular flexibility index (Phi) is 8.49. The minimum atomic E-state index is -0.0854. The number of ether oxygens (including phenoxy) is 1. The molecule has 2 unspecified atom stereocenters. The molecule has 0 aliphatic rings. The van der Waals surface area contributed by atoms with E-state index in [0.717, 1.165) is 18.6 Å². The number of nitrogens with zero attached hydrogens (tertiary/aromatic N) is 1. The highest BCUT2D eigenvalue weighted by atomic mass is 31.1. The van der Waals surface area contributed by atoms with E-state index in [4.69, 9.17) is 9.73 Å². The smallest absolute Gasteiger partial charge is 0.123 e. The lowest BCUT2D eigenvalue weighted by Gasteiger charge is -2.33. The largest absolute Gasteiger partial charge is 0.489 e. The molecule has 0 heterocycles. The van der Waals surface area contributed by atoms with E-state index in [1.54, 1.807) is 0 Å². The molecular weight excluding hydrogens is 421 g/mol. The number of hydrogen-bond acceptors (Lipinski definition) is 2. The molecule has 3 rings (SSSR count). The van der Waals surface area contributed by atoms with Crippen molar-refractivity contribution in [3.05, 3.63) is 95.1 Å². The lowest BCUT2D eigenvalue weighted by atomic mass is 9.93. The van der Waals surface area contributed by atoms with E-state index in [1.807, 2.05) is 6.07 Å². The fourth-order valence-corrected chi connectivity index (χ4v) is 5.76. The van der Waals surface area contributed by atoms with Gasteiger partial charge in [0.05, 0.1) is 5.54 Å². The highest BCUT2D eigenvalue weighted by Gasteiger charge is 2.30. The third-order valence-corrected chi connectivity index (χ3v) is 7.47. The van der Waals surface area contributed by atoms with Crippen molar-refractivity contribution in [2.75, 3.05) is 0 Å². The molecule has 2 nitrogen and oxygen atoms in total. The van der Waals surface area contributed by atoms with E-state index in [2.05, 4.69) is 114 Å². The molecule has 0 saturated heterocycles. The summed E-state index contributed by atoms with van der Waals surface area (Å²) < 4.78 is 6.41. The van der Waals surface area contributed by atoms with Gasteiger partial charge in [-0.25, -0.2) is 0 Å². The maximum absolute atomic E-state index is 6.41. The van der Waals surface area contributed by atoms with Crippen LogP contribution in [-0.4, -0.2) is 11.8 Å². The molecule has 0 bridgehead atoms. The third kappa shape index (κ3) is 7.27. The molecule has 0 amide bonds. The van der Waals surface area contributed by atoms with Gasteiger partial charge in [-0.15, -0.1) is 0 Å². The Hall–Kier alpha value is -2.44. The van der Waals surface area contributed by atoms with Crippen molar-refractivity contribution >= 4 is 20.1 Å². The predicted molar refractivity (Wildman–Crippen MR) is 146 cm³/mol. The molecule has 0 saturated carbocycles. The number of hydrogen-bond donors (Lipinski definition) is 0. The molecular formula is C30H38NOP. The van der Waals surface area contributed by atoms with E-state index >= 15 is 0 Å². The second kappa shape index (κ2) is 11.1. The first-order chi connectivity index (χ1) is 15.7. The zero-order chi connectivity index (χ0) is 23.9.